The summed E-state index contributed by atoms with van der Waals surface area (Å²) in [7, 11) is 0. The lowest BCUT2D eigenvalue weighted by molar-refractivity contribution is 0.0118. The molecule has 2 aliphatic heterocycles. The van der Waals surface area contributed by atoms with Crippen molar-refractivity contribution >= 4 is 11.8 Å². The molecule has 23 heavy (non-hydrogen) atoms. The Morgan fingerprint density at radius 2 is 2.35 bits per heavy atom. The molecule has 3 N–H and O–H groups in total. The third-order valence-electron chi connectivity index (χ3n) is 4.02. The molecule has 126 valence electrons. The van der Waals surface area contributed by atoms with Gasteiger partial charge in [0.15, 0.2) is 11.6 Å². The lowest BCUT2D eigenvalue weighted by Gasteiger charge is -2.22. The Morgan fingerprint density at radius 3 is 2.96 bits per heavy atom. The molecule has 1 amide bonds. The highest BCUT2D eigenvalue weighted by Crippen LogP contribution is 2.28. The van der Waals surface area contributed by atoms with Crippen molar-refractivity contribution in [2.75, 3.05) is 37.7 Å². The molecule has 0 saturated carbocycles. The zero-order chi connectivity index (χ0) is 16.4. The van der Waals surface area contributed by atoms with Gasteiger partial charge in [-0.15, -0.1) is 0 Å². The van der Waals surface area contributed by atoms with Crippen LogP contribution in [0.4, 0.5) is 14.9 Å². The summed E-state index contributed by atoms with van der Waals surface area (Å²) >= 11 is 0. The number of hydrogen-bond donors (Lipinski definition) is 3. The van der Waals surface area contributed by atoms with Crippen molar-refractivity contribution in [2.24, 2.45) is 0 Å². The van der Waals surface area contributed by atoms with E-state index in [9.17, 15) is 14.3 Å². The number of nitrogens with one attached hydrogen (secondary N) is 1. The first-order valence-electron chi connectivity index (χ1n) is 7.45. The summed E-state index contributed by atoms with van der Waals surface area (Å²) in [6.07, 6.45) is -0.677. The van der Waals surface area contributed by atoms with Crippen LogP contribution in [0.25, 0.3) is 0 Å². The topological polar surface area (TPSA) is 91.3 Å². The summed E-state index contributed by atoms with van der Waals surface area (Å²) in [5, 5.41) is 22.2. The highest BCUT2D eigenvalue weighted by Gasteiger charge is 2.33. The average Bonchev–Trinajstić information content (AvgIpc) is 3.12. The fourth-order valence-corrected chi connectivity index (χ4v) is 2.67. The van der Waals surface area contributed by atoms with Crippen LogP contribution >= 0.6 is 0 Å². The van der Waals surface area contributed by atoms with E-state index in [4.69, 9.17) is 14.6 Å². The highest BCUT2D eigenvalue weighted by atomic mass is 19.1. The fraction of sp³-hybridized carbons (Fsp3) is 0.533. The van der Waals surface area contributed by atoms with Gasteiger partial charge < -0.3 is 25.0 Å². The van der Waals surface area contributed by atoms with Crippen LogP contribution in [0.1, 0.15) is 6.42 Å². The highest BCUT2D eigenvalue weighted by molar-refractivity contribution is 5.89. The minimum Gasteiger partial charge on any atom is -0.487 e. The summed E-state index contributed by atoms with van der Waals surface area (Å²) < 4.78 is 24.4. The van der Waals surface area contributed by atoms with Crippen molar-refractivity contribution < 1.29 is 28.9 Å². The van der Waals surface area contributed by atoms with Gasteiger partial charge in [0.1, 0.15) is 18.3 Å². The van der Waals surface area contributed by atoms with Crippen molar-refractivity contribution in [3.05, 3.63) is 24.0 Å². The molecule has 2 atom stereocenters. The zero-order valence-corrected chi connectivity index (χ0v) is 12.5. The molecule has 2 saturated heterocycles. The average molecular weight is 326 g/mol. The Kier molecular flexibility index (Phi) is 4.38. The molecule has 0 bridgehead atoms. The third kappa shape index (κ3) is 3.39. The second-order valence-corrected chi connectivity index (χ2v) is 5.85. The Balaban J connectivity index is 1.67. The van der Waals surface area contributed by atoms with E-state index in [1.807, 2.05) is 0 Å². The number of halogens is 1. The summed E-state index contributed by atoms with van der Waals surface area (Å²) in [6.45, 7) is 0.993. The van der Waals surface area contributed by atoms with Crippen molar-refractivity contribution in [3.63, 3.8) is 0 Å². The molecule has 0 radical (unpaired) electrons. The standard InChI is InChI=1S/C15H19FN2O5/c16-12-5-10(18-6-11(7-19)23-14(18)20)1-2-13(12)22-9-15(21)3-4-17-8-15/h1-2,5,11,17,19,21H,3-4,6-9H2/t11-,15+/m1/s1. The molecule has 0 spiro atoms. The van der Waals surface area contributed by atoms with Crippen LogP contribution in [0.5, 0.6) is 5.75 Å². The lowest BCUT2D eigenvalue weighted by Crippen LogP contribution is -2.38. The SMILES string of the molecule is O=C1O[C@@H](CO)CN1c1ccc(OC[C@]2(O)CCNC2)c(F)c1. The molecular weight excluding hydrogens is 307 g/mol. The van der Waals surface area contributed by atoms with Gasteiger partial charge in [0, 0.05) is 12.6 Å². The van der Waals surface area contributed by atoms with Gasteiger partial charge in [0.25, 0.3) is 0 Å². The predicted molar refractivity (Wildman–Crippen MR) is 79.0 cm³/mol. The monoisotopic (exact) mass is 326 g/mol. The molecular formula is C15H19FN2O5. The van der Waals surface area contributed by atoms with E-state index < -0.39 is 23.6 Å². The van der Waals surface area contributed by atoms with Crippen LogP contribution in [0, 0.1) is 5.82 Å². The van der Waals surface area contributed by atoms with Gasteiger partial charge in [-0.1, -0.05) is 0 Å². The van der Waals surface area contributed by atoms with Crippen LogP contribution in [-0.4, -0.2) is 60.9 Å². The number of aliphatic hydroxyl groups excluding tert-OH is 1. The van der Waals surface area contributed by atoms with Crippen LogP contribution < -0.4 is 15.0 Å². The number of rotatable bonds is 5. The quantitative estimate of drug-likeness (QED) is 0.718. The van der Waals surface area contributed by atoms with Crippen LogP contribution in [0.15, 0.2) is 18.2 Å². The molecule has 2 aliphatic rings. The number of nitrogens with zero attached hydrogens (tertiary/aromatic N) is 1. The first-order valence-corrected chi connectivity index (χ1v) is 7.45. The van der Waals surface area contributed by atoms with Gasteiger partial charge >= 0.3 is 6.09 Å². The van der Waals surface area contributed by atoms with Gasteiger partial charge in [-0.25, -0.2) is 9.18 Å². The van der Waals surface area contributed by atoms with E-state index >= 15 is 0 Å². The van der Waals surface area contributed by atoms with E-state index in [-0.39, 0.29) is 25.5 Å². The van der Waals surface area contributed by atoms with Crippen molar-refractivity contribution in [2.45, 2.75) is 18.1 Å². The van der Waals surface area contributed by atoms with Crippen molar-refractivity contribution in [1.29, 1.82) is 0 Å². The molecule has 0 unspecified atom stereocenters. The number of anilines is 1. The lowest BCUT2D eigenvalue weighted by atomic mass is 10.1. The number of hydrogen-bond acceptors (Lipinski definition) is 6. The van der Waals surface area contributed by atoms with E-state index in [2.05, 4.69) is 5.32 Å². The molecule has 0 aromatic heterocycles. The zero-order valence-electron chi connectivity index (χ0n) is 12.5. The molecule has 2 fully saturated rings. The summed E-state index contributed by atoms with van der Waals surface area (Å²) in [5.74, 6) is -0.613. The van der Waals surface area contributed by atoms with E-state index in [1.54, 1.807) is 0 Å². The summed E-state index contributed by atoms with van der Waals surface area (Å²) in [4.78, 5) is 12.9. The smallest absolute Gasteiger partial charge is 0.414 e. The Hall–Kier alpha value is -1.90. The number of β-amino-alcohol motifs (C(OH)–C–C–N with tert-alkyl or cyclic N) is 1. The van der Waals surface area contributed by atoms with Crippen LogP contribution in [0.3, 0.4) is 0 Å². The molecule has 8 heteroatoms. The van der Waals surface area contributed by atoms with Crippen molar-refractivity contribution in [3.8, 4) is 5.75 Å². The van der Waals surface area contributed by atoms with Crippen LogP contribution in [0.2, 0.25) is 0 Å². The first-order chi connectivity index (χ1) is 11.0. The maximum Gasteiger partial charge on any atom is 0.414 e. The fourth-order valence-electron chi connectivity index (χ4n) is 2.67. The minimum atomic E-state index is -0.988. The molecule has 1 aromatic carbocycles. The molecule has 7 nitrogen and oxygen atoms in total. The number of benzene rings is 1. The molecule has 3 rings (SSSR count). The second kappa shape index (κ2) is 6.31. The van der Waals surface area contributed by atoms with E-state index in [1.165, 1.54) is 23.1 Å². The predicted octanol–water partition coefficient (Wildman–Crippen LogP) is 0.246. The van der Waals surface area contributed by atoms with Gasteiger partial charge in [0.2, 0.25) is 0 Å². The second-order valence-electron chi connectivity index (χ2n) is 5.85. The number of aliphatic hydroxyl groups is 2. The third-order valence-corrected chi connectivity index (χ3v) is 4.02. The number of amides is 1. The maximum absolute atomic E-state index is 14.2. The maximum atomic E-state index is 14.2. The Morgan fingerprint density at radius 1 is 1.52 bits per heavy atom. The summed E-state index contributed by atoms with van der Waals surface area (Å²) in [6, 6.07) is 4.12. The number of carbonyl (C=O) groups is 1. The number of ether oxygens (including phenoxy) is 2. The van der Waals surface area contributed by atoms with Gasteiger partial charge in [-0.3, -0.25) is 4.90 Å². The van der Waals surface area contributed by atoms with Crippen LogP contribution in [-0.2, 0) is 4.74 Å². The Bertz CT molecular complexity index is 591. The van der Waals surface area contributed by atoms with Crippen molar-refractivity contribution in [1.82, 2.24) is 5.32 Å². The number of cyclic esters (lactones) is 1. The van der Waals surface area contributed by atoms with E-state index in [0.717, 1.165) is 0 Å². The Labute approximate surface area is 132 Å². The van der Waals surface area contributed by atoms with E-state index in [0.29, 0.717) is 25.2 Å². The molecule has 0 aliphatic carbocycles. The summed E-state index contributed by atoms with van der Waals surface area (Å²) in [5.41, 5.74) is -0.657. The number of carbonyl (C=O) groups excluding carboxylic acids is 1. The normalized spacial score (nSPS) is 27.3. The van der Waals surface area contributed by atoms with Gasteiger partial charge in [-0.2, -0.15) is 0 Å². The minimum absolute atomic E-state index is 0.00535. The molecule has 1 aromatic rings. The molecule has 2 heterocycles. The van der Waals surface area contributed by atoms with Gasteiger partial charge in [0.05, 0.1) is 18.8 Å². The largest absolute Gasteiger partial charge is 0.487 e. The first kappa shape index (κ1) is 16.0. The van der Waals surface area contributed by atoms with Gasteiger partial charge in [-0.05, 0) is 25.1 Å².